The molecule has 0 bridgehead atoms. The van der Waals surface area contributed by atoms with Crippen molar-refractivity contribution in [2.45, 2.75) is 19.4 Å². The summed E-state index contributed by atoms with van der Waals surface area (Å²) in [6.45, 7) is 2.71. The second-order valence-electron chi connectivity index (χ2n) is 7.96. The van der Waals surface area contributed by atoms with Crippen LogP contribution in [0.25, 0.3) is 11.1 Å². The van der Waals surface area contributed by atoms with Gasteiger partial charge in [0.25, 0.3) is 0 Å². The van der Waals surface area contributed by atoms with Crippen LogP contribution in [0.5, 0.6) is 0 Å². The largest absolute Gasteiger partial charge is 0.465 e. The van der Waals surface area contributed by atoms with Gasteiger partial charge in [-0.2, -0.15) is 0 Å². The molecule has 11 nitrogen and oxygen atoms in total. The minimum absolute atomic E-state index is 0.110. The number of piperidine rings is 1. The fourth-order valence-electron chi connectivity index (χ4n) is 3.28. The van der Waals surface area contributed by atoms with E-state index in [9.17, 15) is 4.79 Å². The highest BCUT2D eigenvalue weighted by Crippen LogP contribution is 2.25. The molecule has 2 heterocycles. The quantitative estimate of drug-likeness (QED) is 0.229. The van der Waals surface area contributed by atoms with Gasteiger partial charge in [0, 0.05) is 61.6 Å². The van der Waals surface area contributed by atoms with Gasteiger partial charge in [-0.15, -0.1) is 0 Å². The Morgan fingerprint density at radius 3 is 2.65 bits per heavy atom. The molecule has 0 spiro atoms. The van der Waals surface area contributed by atoms with Gasteiger partial charge >= 0.3 is 6.09 Å². The lowest BCUT2D eigenvalue weighted by Crippen LogP contribution is -2.35. The topological polar surface area (TPSA) is 142 Å². The summed E-state index contributed by atoms with van der Waals surface area (Å²) in [5.41, 5.74) is 7.60. The summed E-state index contributed by atoms with van der Waals surface area (Å²) in [5, 5.41) is 14.8. The Kier molecular flexibility index (Phi) is 8.68. The zero-order chi connectivity index (χ0) is 24.5. The lowest BCUT2D eigenvalue weighted by atomic mass is 10.0. The third-order valence-electron chi connectivity index (χ3n) is 5.13. The van der Waals surface area contributed by atoms with Crippen LogP contribution in [0.3, 0.4) is 0 Å². The molecule has 1 aliphatic rings. The Hall–Kier alpha value is -3.80. The van der Waals surface area contributed by atoms with Crippen molar-refractivity contribution in [2.24, 2.45) is 15.9 Å². The molecule has 12 heteroatoms. The number of likely N-dealkylation sites (N-methyl/N-ethyl adjacent to an activating group) is 1. The zero-order valence-corrected chi connectivity index (χ0v) is 19.2. The summed E-state index contributed by atoms with van der Waals surface area (Å²) in [6.07, 6.45) is 3.37. The van der Waals surface area contributed by atoms with E-state index >= 15 is 4.39 Å². The highest BCUT2D eigenvalue weighted by atomic mass is 19.1. The first-order valence-electron chi connectivity index (χ1n) is 10.8. The van der Waals surface area contributed by atoms with E-state index in [2.05, 4.69) is 25.0 Å². The van der Waals surface area contributed by atoms with Crippen molar-refractivity contribution in [1.82, 2.24) is 20.2 Å². The lowest BCUT2D eigenvalue weighted by Gasteiger charge is -2.27. The number of nitrogens with two attached hydrogens (primary N) is 1. The van der Waals surface area contributed by atoms with E-state index in [1.807, 2.05) is 24.3 Å². The number of aliphatic imine (C=N–C) groups is 1. The Balaban J connectivity index is 1.61. The molecular weight excluding hydrogens is 443 g/mol. The maximum Gasteiger partial charge on any atom is 0.411 e. The lowest BCUT2D eigenvalue weighted by molar-refractivity contribution is 0.124. The van der Waals surface area contributed by atoms with E-state index in [0.717, 1.165) is 38.2 Å². The summed E-state index contributed by atoms with van der Waals surface area (Å²) < 4.78 is 15.0. The number of hydrogen-bond acceptors (Lipinski definition) is 8. The SMILES string of the molecule is CN(C)CCON=C1CCN(c2ncc(-c3cccc(CN=C(N)NC(=O)O)c3F)cn2)CC1. The number of aromatic nitrogens is 2. The predicted molar refractivity (Wildman–Crippen MR) is 127 cm³/mol. The van der Waals surface area contributed by atoms with Gasteiger partial charge in [0.15, 0.2) is 5.96 Å². The van der Waals surface area contributed by atoms with Crippen LogP contribution in [0.15, 0.2) is 40.7 Å². The van der Waals surface area contributed by atoms with Crippen molar-refractivity contribution in [3.63, 3.8) is 0 Å². The first-order valence-corrected chi connectivity index (χ1v) is 10.8. The van der Waals surface area contributed by atoms with E-state index in [1.54, 1.807) is 30.6 Å². The summed E-state index contributed by atoms with van der Waals surface area (Å²) in [4.78, 5) is 32.7. The summed E-state index contributed by atoms with van der Waals surface area (Å²) in [7, 11) is 3.97. The molecule has 1 saturated heterocycles. The molecule has 1 fully saturated rings. The van der Waals surface area contributed by atoms with Gasteiger partial charge in [0.05, 0.1) is 12.3 Å². The first kappa shape index (κ1) is 24.8. The molecule has 4 N–H and O–H groups in total. The highest BCUT2D eigenvalue weighted by Gasteiger charge is 2.18. The molecule has 0 atom stereocenters. The van der Waals surface area contributed by atoms with E-state index in [1.165, 1.54) is 0 Å². The number of carboxylic acid groups (broad SMARTS) is 1. The van der Waals surface area contributed by atoms with Crippen LogP contribution in [0.4, 0.5) is 15.1 Å². The average molecular weight is 473 g/mol. The van der Waals surface area contributed by atoms with Crippen LogP contribution in [0.2, 0.25) is 0 Å². The summed E-state index contributed by atoms with van der Waals surface area (Å²) >= 11 is 0. The van der Waals surface area contributed by atoms with Crippen molar-refractivity contribution in [3.05, 3.63) is 42.0 Å². The Bertz CT molecular complexity index is 1030. The number of guanidine groups is 1. The number of halogens is 1. The van der Waals surface area contributed by atoms with Crippen molar-refractivity contribution in [1.29, 1.82) is 0 Å². The van der Waals surface area contributed by atoms with Gasteiger partial charge in [-0.25, -0.2) is 24.1 Å². The van der Waals surface area contributed by atoms with Gasteiger partial charge in [0.2, 0.25) is 5.95 Å². The van der Waals surface area contributed by atoms with E-state index in [0.29, 0.717) is 23.7 Å². The maximum atomic E-state index is 15.0. The minimum atomic E-state index is -1.33. The molecular formula is C22H29FN8O3. The molecule has 34 heavy (non-hydrogen) atoms. The van der Waals surface area contributed by atoms with E-state index in [4.69, 9.17) is 15.7 Å². The van der Waals surface area contributed by atoms with Crippen LogP contribution in [0.1, 0.15) is 18.4 Å². The van der Waals surface area contributed by atoms with Gasteiger partial charge in [-0.3, -0.25) is 5.32 Å². The second kappa shape index (κ2) is 11.9. The molecule has 0 radical (unpaired) electrons. The minimum Gasteiger partial charge on any atom is -0.465 e. The fourth-order valence-corrected chi connectivity index (χ4v) is 3.28. The van der Waals surface area contributed by atoms with Crippen molar-refractivity contribution in [3.8, 4) is 11.1 Å². The molecule has 1 amide bonds. The number of benzene rings is 1. The maximum absolute atomic E-state index is 15.0. The smallest absolute Gasteiger partial charge is 0.411 e. The Labute approximate surface area is 197 Å². The Morgan fingerprint density at radius 1 is 1.29 bits per heavy atom. The van der Waals surface area contributed by atoms with Crippen LogP contribution < -0.4 is 16.0 Å². The number of hydrogen-bond donors (Lipinski definition) is 3. The first-order chi connectivity index (χ1) is 16.3. The van der Waals surface area contributed by atoms with Gasteiger partial charge in [-0.05, 0) is 14.1 Å². The molecule has 1 aromatic heterocycles. The Morgan fingerprint density at radius 2 is 2.00 bits per heavy atom. The second-order valence-corrected chi connectivity index (χ2v) is 7.96. The number of oxime groups is 1. The number of nitrogens with one attached hydrogen (secondary N) is 1. The average Bonchev–Trinajstić information content (AvgIpc) is 2.81. The molecule has 0 aliphatic carbocycles. The van der Waals surface area contributed by atoms with Gasteiger partial charge < -0.3 is 25.5 Å². The fraction of sp³-hybridized carbons (Fsp3) is 0.409. The number of carbonyl (C=O) groups is 1. The van der Waals surface area contributed by atoms with Crippen LogP contribution in [-0.4, -0.2) is 78.1 Å². The number of anilines is 1. The summed E-state index contributed by atoms with van der Waals surface area (Å²) in [5.74, 6) is -0.219. The van der Waals surface area contributed by atoms with Gasteiger partial charge in [-0.1, -0.05) is 23.4 Å². The predicted octanol–water partition coefficient (Wildman–Crippen LogP) is 1.90. The van der Waals surface area contributed by atoms with Crippen LogP contribution in [0, 0.1) is 5.82 Å². The molecule has 2 aromatic rings. The standard InChI is InChI=1S/C22H29FN8O3/c1-30(2)10-11-34-29-17-6-8-31(9-7-17)21-26-13-16(14-27-21)18-5-3-4-15(19(18)23)12-25-20(24)28-22(32)33/h3-5,13-14H,6-12H2,1-2H3,(H,32,33)(H3,24,25,28). The van der Waals surface area contributed by atoms with Crippen molar-refractivity contribution in [2.75, 3.05) is 45.2 Å². The molecule has 0 saturated carbocycles. The molecule has 3 rings (SSSR count). The van der Waals surface area contributed by atoms with E-state index < -0.39 is 11.9 Å². The third-order valence-corrected chi connectivity index (χ3v) is 5.13. The van der Waals surface area contributed by atoms with Gasteiger partial charge in [0.1, 0.15) is 12.4 Å². The monoisotopic (exact) mass is 472 g/mol. The highest BCUT2D eigenvalue weighted by molar-refractivity contribution is 5.92. The number of rotatable bonds is 8. The summed E-state index contributed by atoms with van der Waals surface area (Å²) in [6, 6.07) is 4.87. The molecule has 0 unspecified atom stereocenters. The van der Waals surface area contributed by atoms with E-state index in [-0.39, 0.29) is 18.1 Å². The number of nitrogens with zero attached hydrogens (tertiary/aromatic N) is 6. The normalized spacial score (nSPS) is 14.3. The third kappa shape index (κ3) is 7.10. The molecule has 1 aliphatic heterocycles. The van der Waals surface area contributed by atoms with Crippen molar-refractivity contribution < 1.29 is 19.1 Å². The van der Waals surface area contributed by atoms with Crippen molar-refractivity contribution >= 4 is 23.7 Å². The van der Waals surface area contributed by atoms with Crippen LogP contribution in [-0.2, 0) is 11.4 Å². The molecule has 1 aromatic carbocycles. The zero-order valence-electron chi connectivity index (χ0n) is 19.2. The van der Waals surface area contributed by atoms with Crippen LogP contribution >= 0.6 is 0 Å². The number of amides is 1. The molecule has 182 valence electrons.